The van der Waals surface area contributed by atoms with Crippen LogP contribution in [0.2, 0.25) is 4.34 Å². The third-order valence-corrected chi connectivity index (χ3v) is 5.83. The van der Waals surface area contributed by atoms with E-state index in [-0.39, 0.29) is 11.5 Å². The molecule has 3 atom stereocenters. The molecule has 1 fully saturated rings. The molecule has 0 aliphatic heterocycles. The largest absolute Gasteiger partial charge is 0.467 e. The Labute approximate surface area is 134 Å². The third kappa shape index (κ3) is 2.78. The third-order valence-electron chi connectivity index (χ3n) is 4.54. The van der Waals surface area contributed by atoms with Gasteiger partial charge >= 0.3 is 0 Å². The highest BCUT2D eigenvalue weighted by Gasteiger charge is 2.49. The van der Waals surface area contributed by atoms with Gasteiger partial charge in [-0.3, -0.25) is 5.32 Å². The summed E-state index contributed by atoms with van der Waals surface area (Å²) in [5, 5.41) is 3.72. The number of nitrogens with one attached hydrogen (secondary N) is 1. The standard InChI is InChI=1S/C16H20ClNO2S/c1-16(2)12(9-13(16)19-3)18-15(10-5-4-8-20-10)11-6-7-14(17)21-11/h4-8,12-13,15,18H,9H2,1-3H3. The van der Waals surface area contributed by atoms with E-state index >= 15 is 0 Å². The molecule has 0 spiro atoms. The molecule has 0 amide bonds. The average Bonchev–Trinajstić information content (AvgIpc) is 3.10. The second-order valence-corrected chi connectivity index (χ2v) is 7.84. The van der Waals surface area contributed by atoms with Gasteiger partial charge in [-0.1, -0.05) is 25.4 Å². The maximum Gasteiger partial charge on any atom is 0.126 e. The number of furan rings is 1. The molecule has 3 nitrogen and oxygen atoms in total. The number of hydrogen-bond donors (Lipinski definition) is 1. The Hall–Kier alpha value is -0.810. The van der Waals surface area contributed by atoms with Crippen molar-refractivity contribution in [1.82, 2.24) is 5.32 Å². The molecule has 1 aliphatic rings. The summed E-state index contributed by atoms with van der Waals surface area (Å²) in [5.41, 5.74) is 0.112. The van der Waals surface area contributed by atoms with Gasteiger partial charge in [-0.2, -0.15) is 0 Å². The number of rotatable bonds is 5. The van der Waals surface area contributed by atoms with Crippen molar-refractivity contribution in [3.63, 3.8) is 0 Å². The highest BCUT2D eigenvalue weighted by Crippen LogP contribution is 2.44. The van der Waals surface area contributed by atoms with E-state index in [1.165, 1.54) is 4.88 Å². The highest BCUT2D eigenvalue weighted by atomic mass is 35.5. The van der Waals surface area contributed by atoms with Crippen molar-refractivity contribution in [3.05, 3.63) is 45.5 Å². The summed E-state index contributed by atoms with van der Waals surface area (Å²) in [6, 6.07) is 8.35. The molecule has 114 valence electrons. The van der Waals surface area contributed by atoms with E-state index in [4.69, 9.17) is 20.8 Å². The molecule has 21 heavy (non-hydrogen) atoms. The molecule has 2 aromatic heterocycles. The normalized spacial score (nSPS) is 25.5. The first kappa shape index (κ1) is 15.1. The second-order valence-electron chi connectivity index (χ2n) is 6.09. The summed E-state index contributed by atoms with van der Waals surface area (Å²) in [6.45, 7) is 4.48. The molecule has 0 bridgehead atoms. The fraction of sp³-hybridized carbons (Fsp3) is 0.500. The molecule has 2 heterocycles. The van der Waals surface area contributed by atoms with Crippen LogP contribution in [-0.2, 0) is 4.74 Å². The van der Waals surface area contributed by atoms with Crippen molar-refractivity contribution >= 4 is 22.9 Å². The Morgan fingerprint density at radius 3 is 2.76 bits per heavy atom. The molecule has 3 rings (SSSR count). The van der Waals surface area contributed by atoms with E-state index < -0.39 is 0 Å². The summed E-state index contributed by atoms with van der Waals surface area (Å²) in [7, 11) is 1.78. The van der Waals surface area contributed by atoms with Gasteiger partial charge in [0.2, 0.25) is 0 Å². The fourth-order valence-electron chi connectivity index (χ4n) is 3.01. The van der Waals surface area contributed by atoms with E-state index in [9.17, 15) is 0 Å². The summed E-state index contributed by atoms with van der Waals surface area (Å²) in [4.78, 5) is 1.17. The Morgan fingerprint density at radius 2 is 2.24 bits per heavy atom. The maximum atomic E-state index is 6.09. The van der Waals surface area contributed by atoms with Crippen LogP contribution < -0.4 is 5.32 Å². The van der Waals surface area contributed by atoms with Gasteiger partial charge in [-0.25, -0.2) is 0 Å². The van der Waals surface area contributed by atoms with Gasteiger partial charge in [0.25, 0.3) is 0 Å². The van der Waals surface area contributed by atoms with E-state index in [1.54, 1.807) is 24.7 Å². The SMILES string of the molecule is COC1CC(NC(c2ccco2)c2ccc(Cl)s2)C1(C)C. The first-order chi connectivity index (χ1) is 10.0. The highest BCUT2D eigenvalue weighted by molar-refractivity contribution is 7.16. The van der Waals surface area contributed by atoms with Crippen LogP contribution in [0.3, 0.4) is 0 Å². The first-order valence-electron chi connectivity index (χ1n) is 7.10. The van der Waals surface area contributed by atoms with Gasteiger partial charge in [0.05, 0.1) is 16.7 Å². The zero-order valence-corrected chi connectivity index (χ0v) is 14.0. The lowest BCUT2D eigenvalue weighted by Gasteiger charge is -2.52. The van der Waals surface area contributed by atoms with Crippen molar-refractivity contribution < 1.29 is 9.15 Å². The molecule has 5 heteroatoms. The Bertz CT molecular complexity index is 593. The average molecular weight is 326 g/mol. The van der Waals surface area contributed by atoms with Crippen LogP contribution in [0, 0.1) is 5.41 Å². The summed E-state index contributed by atoms with van der Waals surface area (Å²) >= 11 is 7.68. The molecule has 3 unspecified atom stereocenters. The lowest BCUT2D eigenvalue weighted by Crippen LogP contribution is -2.61. The quantitative estimate of drug-likeness (QED) is 0.879. The number of ether oxygens (including phenoxy) is 1. The number of hydrogen-bond acceptors (Lipinski definition) is 4. The molecule has 1 aliphatic carbocycles. The Balaban J connectivity index is 1.81. The van der Waals surface area contributed by atoms with E-state index in [0.717, 1.165) is 16.5 Å². The van der Waals surface area contributed by atoms with Gasteiger partial charge in [-0.15, -0.1) is 11.3 Å². The van der Waals surface area contributed by atoms with Crippen molar-refractivity contribution in [1.29, 1.82) is 0 Å². The molecule has 1 saturated carbocycles. The van der Waals surface area contributed by atoms with E-state index in [2.05, 4.69) is 25.2 Å². The van der Waals surface area contributed by atoms with Gasteiger partial charge in [0.15, 0.2) is 0 Å². The predicted octanol–water partition coefficient (Wildman–Crippen LogP) is 4.49. The van der Waals surface area contributed by atoms with Crippen molar-refractivity contribution in [2.45, 2.75) is 38.5 Å². The fourth-order valence-corrected chi connectivity index (χ4v) is 4.14. The minimum absolute atomic E-state index is 0.0413. The van der Waals surface area contributed by atoms with Crippen LogP contribution in [0.25, 0.3) is 0 Å². The second kappa shape index (κ2) is 5.76. The molecule has 0 aromatic carbocycles. The molecular formula is C16H20ClNO2S. The number of methoxy groups -OCH3 is 1. The van der Waals surface area contributed by atoms with Crippen LogP contribution in [0.1, 0.15) is 36.9 Å². The van der Waals surface area contributed by atoms with Gasteiger partial charge in [0, 0.05) is 23.4 Å². The first-order valence-corrected chi connectivity index (χ1v) is 8.29. The van der Waals surface area contributed by atoms with Crippen molar-refractivity contribution in [2.24, 2.45) is 5.41 Å². The molecular weight excluding hydrogens is 306 g/mol. The van der Waals surface area contributed by atoms with E-state index in [0.29, 0.717) is 12.1 Å². The predicted molar refractivity (Wildman–Crippen MR) is 86.0 cm³/mol. The van der Waals surface area contributed by atoms with Crippen molar-refractivity contribution in [3.8, 4) is 0 Å². The Morgan fingerprint density at radius 1 is 1.43 bits per heavy atom. The zero-order valence-electron chi connectivity index (χ0n) is 12.4. The van der Waals surface area contributed by atoms with Crippen molar-refractivity contribution in [2.75, 3.05) is 7.11 Å². The minimum Gasteiger partial charge on any atom is -0.467 e. The Kier molecular flexibility index (Phi) is 4.14. The monoisotopic (exact) mass is 325 g/mol. The number of halogens is 1. The van der Waals surface area contributed by atoms with E-state index in [1.807, 2.05) is 18.2 Å². The topological polar surface area (TPSA) is 34.4 Å². The van der Waals surface area contributed by atoms with Crippen LogP contribution in [0.5, 0.6) is 0 Å². The number of thiophene rings is 1. The van der Waals surface area contributed by atoms with Crippen LogP contribution >= 0.6 is 22.9 Å². The summed E-state index contributed by atoms with van der Waals surface area (Å²) < 4.78 is 11.9. The maximum absolute atomic E-state index is 6.09. The summed E-state index contributed by atoms with van der Waals surface area (Å²) in [6.07, 6.45) is 3.03. The van der Waals surface area contributed by atoms with Crippen LogP contribution in [-0.4, -0.2) is 19.3 Å². The molecule has 0 saturated heterocycles. The minimum atomic E-state index is 0.0413. The zero-order chi connectivity index (χ0) is 15.0. The lowest BCUT2D eigenvalue weighted by atomic mass is 9.64. The smallest absolute Gasteiger partial charge is 0.126 e. The van der Waals surface area contributed by atoms with Gasteiger partial charge in [0.1, 0.15) is 11.8 Å². The van der Waals surface area contributed by atoms with Gasteiger partial charge in [-0.05, 0) is 30.7 Å². The molecule has 1 N–H and O–H groups in total. The molecule has 2 aromatic rings. The van der Waals surface area contributed by atoms with Crippen LogP contribution in [0.4, 0.5) is 0 Å². The van der Waals surface area contributed by atoms with Crippen LogP contribution in [0.15, 0.2) is 34.9 Å². The lowest BCUT2D eigenvalue weighted by molar-refractivity contribution is -0.0996. The van der Waals surface area contributed by atoms with Gasteiger partial charge < -0.3 is 9.15 Å². The molecule has 0 radical (unpaired) electrons. The summed E-state index contributed by atoms with van der Waals surface area (Å²) in [5.74, 6) is 0.921.